The third kappa shape index (κ3) is 4.06. The van der Waals surface area contributed by atoms with Gasteiger partial charge in [0, 0.05) is 19.5 Å². The van der Waals surface area contributed by atoms with Gasteiger partial charge < -0.3 is 5.32 Å². The average Bonchev–Trinajstić information content (AvgIpc) is 2.86. The van der Waals surface area contributed by atoms with Gasteiger partial charge in [0.2, 0.25) is 17.7 Å². The number of amides is 3. The van der Waals surface area contributed by atoms with E-state index in [4.69, 9.17) is 0 Å². The molecule has 0 unspecified atom stereocenters. The second-order valence-corrected chi connectivity index (χ2v) is 6.80. The zero-order valence-electron chi connectivity index (χ0n) is 14.2. The molecule has 6 heteroatoms. The Morgan fingerprint density at radius 3 is 2.28 bits per heavy atom. The van der Waals surface area contributed by atoms with Crippen LogP contribution in [0.2, 0.25) is 0 Å². The summed E-state index contributed by atoms with van der Waals surface area (Å²) in [5.74, 6) is -1.00. The number of imide groups is 1. The van der Waals surface area contributed by atoms with Gasteiger partial charge in [-0.2, -0.15) is 0 Å². The molecule has 0 spiro atoms. The molecular formula is C19H23FN2O3. The summed E-state index contributed by atoms with van der Waals surface area (Å²) in [7, 11) is 0. The third-order valence-corrected chi connectivity index (χ3v) is 5.14. The molecule has 1 aliphatic carbocycles. The number of nitrogens with one attached hydrogen (secondary N) is 1. The molecule has 1 aromatic rings. The summed E-state index contributed by atoms with van der Waals surface area (Å²) in [4.78, 5) is 37.9. The number of hydrogen-bond donors (Lipinski definition) is 1. The van der Waals surface area contributed by atoms with Gasteiger partial charge in [-0.25, -0.2) is 4.39 Å². The van der Waals surface area contributed by atoms with Crippen molar-refractivity contribution in [2.45, 2.75) is 38.5 Å². The normalized spacial score (nSPS) is 22.8. The summed E-state index contributed by atoms with van der Waals surface area (Å²) in [5.41, 5.74) is 0.940. The number of benzene rings is 1. The summed E-state index contributed by atoms with van der Waals surface area (Å²) in [6, 6.07) is 6.15. The lowest BCUT2D eigenvalue weighted by atomic mass is 9.81. The number of nitrogens with zero attached hydrogens (tertiary/aromatic N) is 1. The van der Waals surface area contributed by atoms with E-state index in [9.17, 15) is 18.8 Å². The smallest absolute Gasteiger partial charge is 0.233 e. The van der Waals surface area contributed by atoms with Crippen LogP contribution in [-0.4, -0.2) is 35.7 Å². The van der Waals surface area contributed by atoms with Crippen LogP contribution in [0.5, 0.6) is 0 Å². The largest absolute Gasteiger partial charge is 0.356 e. The Bertz CT molecular complexity index is 635. The molecule has 134 valence electrons. The zero-order chi connectivity index (χ0) is 17.8. The summed E-state index contributed by atoms with van der Waals surface area (Å²) < 4.78 is 12.8. The van der Waals surface area contributed by atoms with Crippen molar-refractivity contribution in [1.29, 1.82) is 0 Å². The van der Waals surface area contributed by atoms with Gasteiger partial charge in [0.15, 0.2) is 0 Å². The SMILES string of the molecule is O=C(CCN1C(=O)[C@H]2CCCC[C@@H]2C1=O)NCCc1ccc(F)cc1. The van der Waals surface area contributed by atoms with Gasteiger partial charge in [-0.1, -0.05) is 25.0 Å². The van der Waals surface area contributed by atoms with E-state index in [1.165, 1.54) is 17.0 Å². The molecule has 3 rings (SSSR count). The first kappa shape index (κ1) is 17.6. The van der Waals surface area contributed by atoms with Crippen LogP contribution in [0.3, 0.4) is 0 Å². The van der Waals surface area contributed by atoms with E-state index in [1.807, 2.05) is 0 Å². The lowest BCUT2D eigenvalue weighted by Crippen LogP contribution is -2.35. The lowest BCUT2D eigenvalue weighted by Gasteiger charge is -2.19. The van der Waals surface area contributed by atoms with E-state index < -0.39 is 0 Å². The Hall–Kier alpha value is -2.24. The van der Waals surface area contributed by atoms with E-state index in [-0.39, 0.29) is 48.3 Å². The number of likely N-dealkylation sites (tertiary alicyclic amines) is 1. The Kier molecular flexibility index (Phi) is 5.46. The van der Waals surface area contributed by atoms with Crippen molar-refractivity contribution in [3.05, 3.63) is 35.6 Å². The minimum absolute atomic E-state index is 0.103. The molecule has 5 nitrogen and oxygen atoms in total. The maximum atomic E-state index is 12.8. The highest BCUT2D eigenvalue weighted by atomic mass is 19.1. The molecule has 1 heterocycles. The third-order valence-electron chi connectivity index (χ3n) is 5.14. The molecular weight excluding hydrogens is 323 g/mol. The summed E-state index contributed by atoms with van der Waals surface area (Å²) >= 11 is 0. The molecule has 3 amide bonds. The van der Waals surface area contributed by atoms with Gasteiger partial charge in [0.05, 0.1) is 11.8 Å². The Morgan fingerprint density at radius 2 is 1.68 bits per heavy atom. The molecule has 1 saturated carbocycles. The second kappa shape index (κ2) is 7.76. The first-order chi connectivity index (χ1) is 12.1. The fraction of sp³-hybridized carbons (Fsp3) is 0.526. The number of halogens is 1. The highest BCUT2D eigenvalue weighted by Crippen LogP contribution is 2.37. The van der Waals surface area contributed by atoms with E-state index in [0.29, 0.717) is 13.0 Å². The van der Waals surface area contributed by atoms with Gasteiger partial charge in [-0.3, -0.25) is 19.3 Å². The van der Waals surface area contributed by atoms with Crippen LogP contribution >= 0.6 is 0 Å². The minimum Gasteiger partial charge on any atom is -0.356 e. The highest BCUT2D eigenvalue weighted by molar-refractivity contribution is 6.05. The predicted molar refractivity (Wildman–Crippen MR) is 89.9 cm³/mol. The van der Waals surface area contributed by atoms with Crippen LogP contribution in [-0.2, 0) is 20.8 Å². The second-order valence-electron chi connectivity index (χ2n) is 6.80. The van der Waals surface area contributed by atoms with E-state index in [0.717, 1.165) is 31.2 Å². The van der Waals surface area contributed by atoms with Gasteiger partial charge in [-0.15, -0.1) is 0 Å². The average molecular weight is 346 g/mol. The molecule has 2 aliphatic rings. The van der Waals surface area contributed by atoms with E-state index in [1.54, 1.807) is 12.1 Å². The summed E-state index contributed by atoms with van der Waals surface area (Å²) in [6.07, 6.45) is 4.30. The first-order valence-electron chi connectivity index (χ1n) is 8.92. The van der Waals surface area contributed by atoms with Crippen LogP contribution < -0.4 is 5.32 Å². The van der Waals surface area contributed by atoms with Crippen LogP contribution in [0.1, 0.15) is 37.7 Å². The van der Waals surface area contributed by atoms with Crippen LogP contribution in [0.15, 0.2) is 24.3 Å². The van der Waals surface area contributed by atoms with Crippen molar-refractivity contribution in [2.24, 2.45) is 11.8 Å². The molecule has 2 atom stereocenters. The van der Waals surface area contributed by atoms with Crippen LogP contribution in [0, 0.1) is 17.7 Å². The fourth-order valence-corrected chi connectivity index (χ4v) is 3.75. The van der Waals surface area contributed by atoms with Crippen molar-refractivity contribution < 1.29 is 18.8 Å². The molecule has 2 fully saturated rings. The Morgan fingerprint density at radius 1 is 1.08 bits per heavy atom. The molecule has 1 saturated heterocycles. The van der Waals surface area contributed by atoms with Gasteiger partial charge in [0.1, 0.15) is 5.82 Å². The summed E-state index contributed by atoms with van der Waals surface area (Å²) in [6.45, 7) is 0.602. The topological polar surface area (TPSA) is 66.5 Å². The molecule has 1 N–H and O–H groups in total. The van der Waals surface area contributed by atoms with Crippen molar-refractivity contribution in [3.63, 3.8) is 0 Å². The van der Waals surface area contributed by atoms with Crippen molar-refractivity contribution in [2.75, 3.05) is 13.1 Å². The van der Waals surface area contributed by atoms with Crippen molar-refractivity contribution in [3.8, 4) is 0 Å². The molecule has 0 radical (unpaired) electrons. The van der Waals surface area contributed by atoms with Gasteiger partial charge in [-0.05, 0) is 37.0 Å². The standard InChI is InChI=1S/C19H23FN2O3/c20-14-7-5-13(6-8-14)9-11-21-17(23)10-12-22-18(24)15-3-1-2-4-16(15)19(22)25/h5-8,15-16H,1-4,9-12H2,(H,21,23)/t15-,16-/m0/s1. The van der Waals surface area contributed by atoms with Gasteiger partial charge in [0.25, 0.3) is 0 Å². The number of rotatable bonds is 6. The molecule has 1 aromatic carbocycles. The number of carbonyl (C=O) groups excluding carboxylic acids is 3. The number of fused-ring (bicyclic) bond motifs is 1. The maximum absolute atomic E-state index is 12.8. The maximum Gasteiger partial charge on any atom is 0.233 e. The van der Waals surface area contributed by atoms with Crippen molar-refractivity contribution >= 4 is 17.7 Å². The van der Waals surface area contributed by atoms with E-state index in [2.05, 4.69) is 5.32 Å². The van der Waals surface area contributed by atoms with Gasteiger partial charge >= 0.3 is 0 Å². The predicted octanol–water partition coefficient (Wildman–Crippen LogP) is 2.05. The highest BCUT2D eigenvalue weighted by Gasteiger charge is 2.47. The van der Waals surface area contributed by atoms with E-state index >= 15 is 0 Å². The fourth-order valence-electron chi connectivity index (χ4n) is 3.75. The lowest BCUT2D eigenvalue weighted by molar-refractivity contribution is -0.140. The number of carbonyl (C=O) groups is 3. The monoisotopic (exact) mass is 346 g/mol. The molecule has 0 bridgehead atoms. The van der Waals surface area contributed by atoms with Crippen LogP contribution in [0.4, 0.5) is 4.39 Å². The van der Waals surface area contributed by atoms with Crippen molar-refractivity contribution in [1.82, 2.24) is 10.2 Å². The zero-order valence-corrected chi connectivity index (χ0v) is 14.2. The minimum atomic E-state index is -0.284. The molecule has 1 aliphatic heterocycles. The Labute approximate surface area is 146 Å². The first-order valence-corrected chi connectivity index (χ1v) is 8.92. The molecule has 0 aromatic heterocycles. The Balaban J connectivity index is 1.42. The molecule has 25 heavy (non-hydrogen) atoms. The summed E-state index contributed by atoms with van der Waals surface area (Å²) in [5, 5.41) is 2.78. The quantitative estimate of drug-likeness (QED) is 0.802. The van der Waals surface area contributed by atoms with Crippen LogP contribution in [0.25, 0.3) is 0 Å². The number of hydrogen-bond acceptors (Lipinski definition) is 3.